The minimum Gasteiger partial charge on any atom is -0.349 e. The van der Waals surface area contributed by atoms with Gasteiger partial charge in [0.05, 0.1) is 0 Å². The second-order valence-corrected chi connectivity index (χ2v) is 4.37. The van der Waals surface area contributed by atoms with Gasteiger partial charge in [-0.25, -0.2) is 0 Å². The highest BCUT2D eigenvalue weighted by Gasteiger charge is 2.32. The molecule has 1 heterocycles. The summed E-state index contributed by atoms with van der Waals surface area (Å²) < 4.78 is 38.0. The number of halogens is 3. The molecule has 0 bridgehead atoms. The number of nitrogens with zero attached hydrogens (tertiary/aromatic N) is 2. The second-order valence-electron chi connectivity index (χ2n) is 4.37. The molecule has 0 saturated heterocycles. The van der Waals surface area contributed by atoms with Gasteiger partial charge in [-0.1, -0.05) is 19.2 Å². The van der Waals surface area contributed by atoms with Crippen molar-refractivity contribution in [3.05, 3.63) is 60.2 Å². The lowest BCUT2D eigenvalue weighted by Gasteiger charge is -2.24. The topological polar surface area (TPSA) is 16.1 Å². The Morgan fingerprint density at radius 1 is 1.35 bits per heavy atom. The minimum atomic E-state index is -4.47. The van der Waals surface area contributed by atoms with Gasteiger partial charge in [-0.15, -0.1) is 0 Å². The molecule has 5 heteroatoms. The highest BCUT2D eigenvalue weighted by molar-refractivity contribution is 5.76. The van der Waals surface area contributed by atoms with Crippen molar-refractivity contribution in [2.75, 3.05) is 7.05 Å². The van der Waals surface area contributed by atoms with Crippen LogP contribution in [0.1, 0.15) is 25.1 Å². The summed E-state index contributed by atoms with van der Waals surface area (Å²) in [7, 11) is 1.79. The van der Waals surface area contributed by atoms with E-state index in [0.717, 1.165) is 18.0 Å². The number of hydrogen-bond donors (Lipinski definition) is 0. The molecule has 0 aromatic carbocycles. The predicted octanol–water partition coefficient (Wildman–Crippen LogP) is 4.48. The average Bonchev–Trinajstić information content (AvgIpc) is 2.38. The van der Waals surface area contributed by atoms with E-state index in [1.165, 1.54) is 6.07 Å². The fourth-order valence-electron chi connectivity index (χ4n) is 1.70. The van der Waals surface area contributed by atoms with Crippen molar-refractivity contribution in [2.45, 2.75) is 20.0 Å². The van der Waals surface area contributed by atoms with E-state index in [-0.39, 0.29) is 0 Å². The third-order valence-corrected chi connectivity index (χ3v) is 2.92. The van der Waals surface area contributed by atoms with Crippen LogP contribution in [0.5, 0.6) is 0 Å². The normalized spacial score (nSPS) is 12.2. The minimum absolute atomic E-state index is 0.383. The number of alkyl halides is 3. The molecule has 0 radical (unpaired) electrons. The van der Waals surface area contributed by atoms with Crippen LogP contribution in [-0.4, -0.2) is 16.9 Å². The maximum atomic E-state index is 12.7. The van der Waals surface area contributed by atoms with Gasteiger partial charge in [0.2, 0.25) is 0 Å². The molecule has 1 rings (SSSR count). The van der Waals surface area contributed by atoms with Gasteiger partial charge in [0.1, 0.15) is 5.69 Å². The highest BCUT2D eigenvalue weighted by Crippen LogP contribution is 2.31. The van der Waals surface area contributed by atoms with E-state index in [2.05, 4.69) is 18.1 Å². The monoisotopic (exact) mass is 282 g/mol. The maximum Gasteiger partial charge on any atom is 0.433 e. The fourth-order valence-corrected chi connectivity index (χ4v) is 1.70. The molecule has 1 aromatic heterocycles. The van der Waals surface area contributed by atoms with Crippen LogP contribution in [0.25, 0.3) is 5.57 Å². The fraction of sp³-hybridized carbons (Fsp3) is 0.267. The average molecular weight is 282 g/mol. The first kappa shape index (κ1) is 16.0. The van der Waals surface area contributed by atoms with E-state index >= 15 is 0 Å². The molecular weight excluding hydrogens is 265 g/mol. The number of likely N-dealkylation sites (N-methyl/N-ethyl adjacent to an activating group) is 1. The Morgan fingerprint density at radius 3 is 2.40 bits per heavy atom. The third kappa shape index (κ3) is 3.50. The number of allylic oxidation sites excluding steroid dienone is 3. The van der Waals surface area contributed by atoms with E-state index in [1.54, 1.807) is 24.9 Å². The van der Waals surface area contributed by atoms with E-state index in [1.807, 2.05) is 6.92 Å². The standard InChI is InChI=1S/C15H17F3N2/c1-6-13(20(5)10(2)3)11(4)12-7-8-19-14(9-12)15(16,17)18/h6-9H,2,4H2,1,3,5H3/b13-6-. The van der Waals surface area contributed by atoms with Crippen LogP contribution in [0.2, 0.25) is 0 Å². The first-order chi connectivity index (χ1) is 9.18. The van der Waals surface area contributed by atoms with E-state index in [9.17, 15) is 13.2 Å². The summed E-state index contributed by atoms with van der Waals surface area (Å²) in [6, 6.07) is 2.51. The summed E-state index contributed by atoms with van der Waals surface area (Å²) >= 11 is 0. The van der Waals surface area contributed by atoms with Crippen LogP contribution in [0.4, 0.5) is 13.2 Å². The number of pyridine rings is 1. The summed E-state index contributed by atoms with van der Waals surface area (Å²) in [5, 5.41) is 0. The van der Waals surface area contributed by atoms with Crippen LogP contribution in [-0.2, 0) is 6.18 Å². The molecule has 0 fully saturated rings. The van der Waals surface area contributed by atoms with Gasteiger partial charge in [0.25, 0.3) is 0 Å². The zero-order valence-electron chi connectivity index (χ0n) is 11.8. The zero-order chi connectivity index (χ0) is 15.5. The number of rotatable bonds is 4. The van der Waals surface area contributed by atoms with Gasteiger partial charge in [-0.05, 0) is 37.1 Å². The summed E-state index contributed by atoms with van der Waals surface area (Å²) in [5.41, 5.74) is 1.42. The lowest BCUT2D eigenvalue weighted by Crippen LogP contribution is -2.16. The summed E-state index contributed by atoms with van der Waals surface area (Å²) in [6.07, 6.45) is -1.55. The molecule has 0 aliphatic heterocycles. The van der Waals surface area contributed by atoms with Crippen LogP contribution < -0.4 is 0 Å². The van der Waals surface area contributed by atoms with E-state index in [0.29, 0.717) is 16.8 Å². The molecule has 0 unspecified atom stereocenters. The van der Waals surface area contributed by atoms with Crippen molar-refractivity contribution in [1.29, 1.82) is 0 Å². The van der Waals surface area contributed by atoms with Gasteiger partial charge < -0.3 is 4.90 Å². The highest BCUT2D eigenvalue weighted by atomic mass is 19.4. The Morgan fingerprint density at radius 2 is 1.95 bits per heavy atom. The molecular formula is C15H17F3N2. The van der Waals surface area contributed by atoms with Gasteiger partial charge in [-0.2, -0.15) is 13.2 Å². The SMILES string of the molecule is C=C(/C(=C/C)N(C)C(=C)C)c1ccnc(C(F)(F)F)c1. The third-order valence-electron chi connectivity index (χ3n) is 2.92. The Bertz CT molecular complexity index is 556. The van der Waals surface area contributed by atoms with Crippen molar-refractivity contribution >= 4 is 5.57 Å². The largest absolute Gasteiger partial charge is 0.433 e. The Hall–Kier alpha value is -2.04. The Balaban J connectivity index is 3.18. The van der Waals surface area contributed by atoms with E-state index in [4.69, 9.17) is 0 Å². The van der Waals surface area contributed by atoms with Crippen LogP contribution in [0.3, 0.4) is 0 Å². The van der Waals surface area contributed by atoms with Gasteiger partial charge >= 0.3 is 6.18 Å². The summed E-state index contributed by atoms with van der Waals surface area (Å²) in [5.74, 6) is 0. The van der Waals surface area contributed by atoms with Crippen molar-refractivity contribution < 1.29 is 13.2 Å². The molecule has 0 spiro atoms. The quantitative estimate of drug-likeness (QED) is 0.757. The molecule has 0 aliphatic rings. The van der Waals surface area contributed by atoms with E-state index < -0.39 is 11.9 Å². The van der Waals surface area contributed by atoms with Gasteiger partial charge in [0.15, 0.2) is 0 Å². The number of aromatic nitrogens is 1. The molecule has 0 N–H and O–H groups in total. The molecule has 1 aromatic rings. The first-order valence-electron chi connectivity index (χ1n) is 5.97. The molecule has 0 atom stereocenters. The van der Waals surface area contributed by atoms with Crippen molar-refractivity contribution in [1.82, 2.24) is 9.88 Å². The smallest absolute Gasteiger partial charge is 0.349 e. The lowest BCUT2D eigenvalue weighted by atomic mass is 10.0. The second kappa shape index (κ2) is 5.94. The Labute approximate surface area is 116 Å². The van der Waals surface area contributed by atoms with Crippen molar-refractivity contribution in [3.63, 3.8) is 0 Å². The predicted molar refractivity (Wildman–Crippen MR) is 74.6 cm³/mol. The number of hydrogen-bond acceptors (Lipinski definition) is 2. The van der Waals surface area contributed by atoms with Gasteiger partial charge in [0, 0.05) is 24.6 Å². The molecule has 0 amide bonds. The molecule has 2 nitrogen and oxygen atoms in total. The summed E-state index contributed by atoms with van der Waals surface area (Å²) in [4.78, 5) is 5.12. The van der Waals surface area contributed by atoms with Crippen molar-refractivity contribution in [3.8, 4) is 0 Å². The van der Waals surface area contributed by atoms with Crippen LogP contribution in [0, 0.1) is 0 Å². The first-order valence-corrected chi connectivity index (χ1v) is 5.97. The summed E-state index contributed by atoms with van der Waals surface area (Å²) in [6.45, 7) is 11.3. The van der Waals surface area contributed by atoms with Crippen LogP contribution >= 0.6 is 0 Å². The van der Waals surface area contributed by atoms with Crippen LogP contribution in [0.15, 0.2) is 49.0 Å². The molecule has 0 aliphatic carbocycles. The molecule has 20 heavy (non-hydrogen) atoms. The van der Waals surface area contributed by atoms with Gasteiger partial charge in [-0.3, -0.25) is 4.98 Å². The Kier molecular flexibility index (Phi) is 4.76. The lowest BCUT2D eigenvalue weighted by molar-refractivity contribution is -0.141. The maximum absolute atomic E-state index is 12.7. The van der Waals surface area contributed by atoms with Crippen molar-refractivity contribution in [2.24, 2.45) is 0 Å². The molecule has 108 valence electrons. The molecule has 0 saturated carbocycles. The zero-order valence-corrected chi connectivity index (χ0v) is 11.8.